The number of piperidine rings is 1. The van der Waals surface area contributed by atoms with Crippen LogP contribution in [0.4, 0.5) is 10.1 Å². The highest BCUT2D eigenvalue weighted by molar-refractivity contribution is 5.99. The van der Waals surface area contributed by atoms with Gasteiger partial charge in [-0.3, -0.25) is 0 Å². The van der Waals surface area contributed by atoms with Crippen LogP contribution < -0.4 is 4.90 Å². The Hall–Kier alpha value is -3.00. The molecule has 0 N–H and O–H groups in total. The third-order valence-corrected chi connectivity index (χ3v) is 7.05. The van der Waals surface area contributed by atoms with Gasteiger partial charge >= 0.3 is 5.97 Å². The van der Waals surface area contributed by atoms with Crippen molar-refractivity contribution in [2.45, 2.75) is 44.9 Å². The summed E-state index contributed by atoms with van der Waals surface area (Å²) in [6.45, 7) is 4.59. The Labute approximate surface area is 198 Å². The van der Waals surface area contributed by atoms with Crippen LogP contribution in [0, 0.1) is 11.7 Å². The molecule has 1 aromatic carbocycles. The van der Waals surface area contributed by atoms with Gasteiger partial charge in [-0.05, 0) is 68.9 Å². The average molecular weight is 467 g/mol. The van der Waals surface area contributed by atoms with E-state index in [1.807, 2.05) is 6.07 Å². The molecule has 8 heteroatoms. The zero-order chi connectivity index (χ0) is 23.7. The highest BCUT2D eigenvalue weighted by Crippen LogP contribution is 2.43. The van der Waals surface area contributed by atoms with Crippen LogP contribution in [-0.4, -0.2) is 54.1 Å². The predicted molar refractivity (Wildman–Crippen MR) is 128 cm³/mol. The van der Waals surface area contributed by atoms with Gasteiger partial charge in [0, 0.05) is 32.7 Å². The van der Waals surface area contributed by atoms with Crippen molar-refractivity contribution in [3.63, 3.8) is 0 Å². The number of nitrogens with zero attached hydrogens (tertiary/aromatic N) is 4. The van der Waals surface area contributed by atoms with Gasteiger partial charge in [-0.1, -0.05) is 6.42 Å². The molecule has 5 rings (SSSR count). The lowest BCUT2D eigenvalue weighted by Gasteiger charge is -2.34. The Balaban J connectivity index is 1.67. The zero-order valence-corrected chi connectivity index (χ0v) is 19.8. The van der Waals surface area contributed by atoms with Crippen molar-refractivity contribution in [1.82, 2.24) is 14.8 Å². The van der Waals surface area contributed by atoms with Crippen molar-refractivity contribution < 1.29 is 18.7 Å². The number of benzene rings is 1. The maximum atomic E-state index is 13.6. The maximum Gasteiger partial charge on any atom is 0.357 e. The van der Waals surface area contributed by atoms with Crippen LogP contribution in [0.2, 0.25) is 0 Å². The van der Waals surface area contributed by atoms with Crippen molar-refractivity contribution in [1.29, 1.82) is 0 Å². The number of fused-ring (bicyclic) bond motifs is 1. The molecular formula is C26H31FN4O3. The first-order chi connectivity index (χ1) is 16.6. The van der Waals surface area contributed by atoms with E-state index in [-0.39, 0.29) is 18.1 Å². The lowest BCUT2D eigenvalue weighted by atomic mass is 9.82. The number of rotatable bonds is 7. The number of halogens is 1. The van der Waals surface area contributed by atoms with E-state index >= 15 is 0 Å². The molecule has 3 aromatic rings. The van der Waals surface area contributed by atoms with E-state index < -0.39 is 5.97 Å². The third kappa shape index (κ3) is 4.27. The number of hydrogen-bond donors (Lipinski definition) is 0. The normalized spacial score (nSPS) is 17.2. The topological polar surface area (TPSA) is 69.5 Å². The van der Waals surface area contributed by atoms with Gasteiger partial charge in [-0.15, -0.1) is 0 Å². The molecule has 1 aliphatic heterocycles. The van der Waals surface area contributed by atoms with Crippen LogP contribution in [0.15, 0.2) is 30.3 Å². The zero-order valence-electron chi connectivity index (χ0n) is 19.8. The third-order valence-electron chi connectivity index (χ3n) is 7.05. The monoisotopic (exact) mass is 466 g/mol. The molecule has 1 aliphatic carbocycles. The molecule has 0 atom stereocenters. The van der Waals surface area contributed by atoms with E-state index in [1.54, 1.807) is 30.8 Å². The minimum Gasteiger partial charge on any atom is -0.461 e. The van der Waals surface area contributed by atoms with Crippen LogP contribution in [0.5, 0.6) is 0 Å². The summed E-state index contributed by atoms with van der Waals surface area (Å²) in [5, 5.41) is 5.98. The van der Waals surface area contributed by atoms with Crippen LogP contribution >= 0.6 is 0 Å². The Morgan fingerprint density at radius 3 is 2.50 bits per heavy atom. The summed E-state index contributed by atoms with van der Waals surface area (Å²) in [6, 6.07) is 8.10. The summed E-state index contributed by atoms with van der Waals surface area (Å²) in [5.74, 6) is 0.150. The molecule has 0 unspecified atom stereocenters. The van der Waals surface area contributed by atoms with Gasteiger partial charge in [-0.25, -0.2) is 18.9 Å². The summed E-state index contributed by atoms with van der Waals surface area (Å²) >= 11 is 0. The fourth-order valence-electron chi connectivity index (χ4n) is 4.99. The van der Waals surface area contributed by atoms with Gasteiger partial charge in [0.05, 0.1) is 29.1 Å². The number of ether oxygens (including phenoxy) is 2. The van der Waals surface area contributed by atoms with E-state index in [0.717, 1.165) is 67.8 Å². The number of pyridine rings is 1. The van der Waals surface area contributed by atoms with Gasteiger partial charge in [0.1, 0.15) is 5.82 Å². The van der Waals surface area contributed by atoms with E-state index in [1.165, 1.54) is 18.6 Å². The summed E-state index contributed by atoms with van der Waals surface area (Å²) in [5.41, 5.74) is 3.61. The Morgan fingerprint density at radius 2 is 1.88 bits per heavy atom. The molecule has 0 amide bonds. The van der Waals surface area contributed by atoms with E-state index in [0.29, 0.717) is 17.5 Å². The van der Waals surface area contributed by atoms with E-state index in [2.05, 4.69) is 4.90 Å². The van der Waals surface area contributed by atoms with Crippen molar-refractivity contribution in [3.05, 3.63) is 47.5 Å². The SMILES string of the molecule is CCOC(=O)c1cc(N2CCC(COC)CC2)c2c(C3CCC3)nn(-c3ccc(F)cc3)c2n1. The summed E-state index contributed by atoms with van der Waals surface area (Å²) < 4.78 is 26.1. The number of aromatic nitrogens is 3. The smallest absolute Gasteiger partial charge is 0.357 e. The average Bonchev–Trinajstić information content (AvgIpc) is 3.18. The maximum absolute atomic E-state index is 13.6. The second-order valence-electron chi connectivity index (χ2n) is 9.23. The quantitative estimate of drug-likeness (QED) is 0.463. The van der Waals surface area contributed by atoms with Crippen LogP contribution in [0.3, 0.4) is 0 Å². The fourth-order valence-corrected chi connectivity index (χ4v) is 4.99. The molecule has 1 saturated heterocycles. The molecule has 0 radical (unpaired) electrons. The minimum atomic E-state index is -0.447. The molecular weight excluding hydrogens is 435 g/mol. The van der Waals surface area contributed by atoms with Gasteiger partial charge in [0.2, 0.25) is 0 Å². The Morgan fingerprint density at radius 1 is 1.15 bits per heavy atom. The summed E-state index contributed by atoms with van der Waals surface area (Å²) in [4.78, 5) is 19.8. The predicted octanol–water partition coefficient (Wildman–Crippen LogP) is 4.87. The summed E-state index contributed by atoms with van der Waals surface area (Å²) in [7, 11) is 1.75. The van der Waals surface area contributed by atoms with Crippen molar-refractivity contribution in [3.8, 4) is 5.69 Å². The molecule has 180 valence electrons. The lowest BCUT2D eigenvalue weighted by Crippen LogP contribution is -2.35. The number of anilines is 1. The molecule has 2 aromatic heterocycles. The second kappa shape index (κ2) is 9.70. The molecule has 0 spiro atoms. The first-order valence-electron chi connectivity index (χ1n) is 12.2. The lowest BCUT2D eigenvalue weighted by molar-refractivity contribution is 0.0520. The fraction of sp³-hybridized carbons (Fsp3) is 0.500. The first-order valence-corrected chi connectivity index (χ1v) is 12.2. The van der Waals surface area contributed by atoms with E-state index in [9.17, 15) is 9.18 Å². The number of esters is 1. The Kier molecular flexibility index (Phi) is 6.50. The minimum absolute atomic E-state index is 0.270. The van der Waals surface area contributed by atoms with Gasteiger partial charge in [0.15, 0.2) is 11.3 Å². The molecule has 7 nitrogen and oxygen atoms in total. The van der Waals surface area contributed by atoms with Crippen LogP contribution in [0.1, 0.15) is 61.1 Å². The molecule has 2 aliphatic rings. The summed E-state index contributed by atoms with van der Waals surface area (Å²) in [6.07, 6.45) is 5.41. The van der Waals surface area contributed by atoms with Crippen molar-refractivity contribution >= 4 is 22.7 Å². The number of methoxy groups -OCH3 is 1. The van der Waals surface area contributed by atoms with Gasteiger partial charge < -0.3 is 14.4 Å². The van der Waals surface area contributed by atoms with Crippen LogP contribution in [0.25, 0.3) is 16.7 Å². The number of carbonyl (C=O) groups excluding carboxylic acids is 1. The number of hydrogen-bond acceptors (Lipinski definition) is 6. The van der Waals surface area contributed by atoms with Crippen LogP contribution in [-0.2, 0) is 9.47 Å². The van der Waals surface area contributed by atoms with Crippen molar-refractivity contribution in [2.75, 3.05) is 38.3 Å². The van der Waals surface area contributed by atoms with E-state index in [4.69, 9.17) is 19.6 Å². The largest absolute Gasteiger partial charge is 0.461 e. The Bertz CT molecular complexity index is 1160. The first kappa shape index (κ1) is 22.8. The molecule has 2 fully saturated rings. The second-order valence-corrected chi connectivity index (χ2v) is 9.23. The van der Waals surface area contributed by atoms with Gasteiger partial charge in [-0.2, -0.15) is 5.10 Å². The number of carbonyl (C=O) groups is 1. The molecule has 1 saturated carbocycles. The highest BCUT2D eigenvalue weighted by atomic mass is 19.1. The molecule has 34 heavy (non-hydrogen) atoms. The standard InChI is InChI=1S/C26H31FN4O3/c1-3-34-26(32)21-15-22(30-13-11-17(12-14-30)16-33-2)23-24(18-5-4-6-18)29-31(25(23)28-21)20-9-7-19(27)8-10-20/h7-10,15,17-18H,3-6,11-14,16H2,1-2H3. The van der Waals surface area contributed by atoms with Gasteiger partial charge in [0.25, 0.3) is 0 Å². The van der Waals surface area contributed by atoms with Crippen molar-refractivity contribution in [2.24, 2.45) is 5.92 Å². The molecule has 0 bridgehead atoms. The highest BCUT2D eigenvalue weighted by Gasteiger charge is 2.31. The molecule has 3 heterocycles.